The Kier molecular flexibility index (Phi) is 3.39. The van der Waals surface area contributed by atoms with Gasteiger partial charge in [0.2, 0.25) is 4.96 Å². The van der Waals surface area contributed by atoms with E-state index in [4.69, 9.17) is 5.73 Å². The summed E-state index contributed by atoms with van der Waals surface area (Å²) in [7, 11) is 0. The smallest absolute Gasteiger partial charge is 0.212 e. The van der Waals surface area contributed by atoms with E-state index in [1.54, 1.807) is 11.3 Å². The number of hydrogen-bond acceptors (Lipinski definition) is 4. The van der Waals surface area contributed by atoms with Crippen LogP contribution in [0.2, 0.25) is 0 Å². The van der Waals surface area contributed by atoms with Crippen LogP contribution in [-0.2, 0) is 6.42 Å². The Morgan fingerprint density at radius 2 is 2.05 bits per heavy atom. The molecule has 2 N–H and O–H groups in total. The van der Waals surface area contributed by atoms with E-state index in [0.29, 0.717) is 6.54 Å². The number of fused-ring (bicyclic) bond motifs is 1. The number of hydrogen-bond donors (Lipinski definition) is 1. The molecular weight excluding hydrogens is 256 g/mol. The molecule has 3 rings (SSSR count). The van der Waals surface area contributed by atoms with E-state index in [-0.39, 0.29) is 0 Å². The normalized spacial score (nSPS) is 11.6. The van der Waals surface area contributed by atoms with Gasteiger partial charge in [-0.05, 0) is 18.2 Å². The molecule has 0 bridgehead atoms. The molecule has 0 fully saturated rings. The lowest BCUT2D eigenvalue weighted by Gasteiger charge is -1.89. The minimum atomic E-state index is 0.617. The van der Waals surface area contributed by atoms with Crippen molar-refractivity contribution in [3.63, 3.8) is 0 Å². The second kappa shape index (κ2) is 5.34. The molecule has 5 heteroatoms. The zero-order valence-electron chi connectivity index (χ0n) is 10.4. The first-order valence-electron chi connectivity index (χ1n) is 6.13. The second-order valence-corrected chi connectivity index (χ2v) is 5.17. The molecule has 2 heterocycles. The fraction of sp³-hybridized carbons (Fsp3) is 0.143. The van der Waals surface area contributed by atoms with Crippen LogP contribution in [0, 0.1) is 0 Å². The van der Waals surface area contributed by atoms with Crippen molar-refractivity contribution in [2.75, 3.05) is 6.54 Å². The average molecular weight is 270 g/mol. The maximum absolute atomic E-state index is 5.52. The highest BCUT2D eigenvalue weighted by Crippen LogP contribution is 2.17. The Balaban J connectivity index is 1.82. The number of rotatable bonds is 4. The largest absolute Gasteiger partial charge is 0.330 e. The Bertz CT molecular complexity index is 665. The van der Waals surface area contributed by atoms with Gasteiger partial charge >= 0.3 is 0 Å². The SMILES string of the molecule is NCCc1cn2nc(/C=C/c3ccccc3)sc2n1. The van der Waals surface area contributed by atoms with Crippen LogP contribution < -0.4 is 5.73 Å². The number of benzene rings is 1. The van der Waals surface area contributed by atoms with Gasteiger partial charge in [-0.1, -0.05) is 47.7 Å². The quantitative estimate of drug-likeness (QED) is 0.792. The zero-order chi connectivity index (χ0) is 13.1. The predicted octanol–water partition coefficient (Wildman–Crippen LogP) is 2.46. The third-order valence-corrected chi connectivity index (χ3v) is 3.61. The minimum Gasteiger partial charge on any atom is -0.330 e. The topological polar surface area (TPSA) is 56.2 Å². The van der Waals surface area contributed by atoms with Gasteiger partial charge in [-0.25, -0.2) is 9.50 Å². The molecule has 19 heavy (non-hydrogen) atoms. The van der Waals surface area contributed by atoms with Crippen LogP contribution in [0.3, 0.4) is 0 Å². The molecule has 0 atom stereocenters. The standard InChI is InChI=1S/C14H14N4S/c15-9-8-12-10-18-14(16-12)19-13(17-18)7-6-11-4-2-1-3-5-11/h1-7,10H,8-9,15H2/b7-6+. The van der Waals surface area contributed by atoms with Crippen molar-refractivity contribution in [3.8, 4) is 0 Å². The van der Waals surface area contributed by atoms with E-state index >= 15 is 0 Å². The molecule has 3 aromatic rings. The van der Waals surface area contributed by atoms with Crippen LogP contribution in [-0.4, -0.2) is 21.1 Å². The van der Waals surface area contributed by atoms with Gasteiger partial charge in [-0.15, -0.1) is 0 Å². The third-order valence-electron chi connectivity index (χ3n) is 2.73. The summed E-state index contributed by atoms with van der Waals surface area (Å²) >= 11 is 1.58. The van der Waals surface area contributed by atoms with Crippen molar-refractivity contribution in [1.29, 1.82) is 0 Å². The van der Waals surface area contributed by atoms with Gasteiger partial charge in [-0.2, -0.15) is 5.10 Å². The lowest BCUT2D eigenvalue weighted by molar-refractivity contribution is 0.921. The van der Waals surface area contributed by atoms with Crippen molar-refractivity contribution in [3.05, 3.63) is 52.8 Å². The molecule has 1 aromatic carbocycles. The molecule has 0 aliphatic heterocycles. The average Bonchev–Trinajstić information content (AvgIpc) is 2.96. The van der Waals surface area contributed by atoms with E-state index < -0.39 is 0 Å². The van der Waals surface area contributed by atoms with Gasteiger partial charge in [-0.3, -0.25) is 0 Å². The lowest BCUT2D eigenvalue weighted by Crippen LogP contribution is -2.02. The van der Waals surface area contributed by atoms with E-state index in [1.807, 2.05) is 35.0 Å². The Morgan fingerprint density at radius 3 is 2.79 bits per heavy atom. The first-order chi connectivity index (χ1) is 9.35. The molecule has 4 nitrogen and oxygen atoms in total. The number of imidazole rings is 1. The molecule has 0 unspecified atom stereocenters. The van der Waals surface area contributed by atoms with E-state index in [1.165, 1.54) is 5.56 Å². The van der Waals surface area contributed by atoms with Gasteiger partial charge in [0.05, 0.1) is 11.9 Å². The molecule has 0 radical (unpaired) electrons. The monoisotopic (exact) mass is 270 g/mol. The van der Waals surface area contributed by atoms with Crippen LogP contribution in [0.1, 0.15) is 16.3 Å². The maximum Gasteiger partial charge on any atom is 0.212 e. The molecular formula is C14H14N4S. The molecule has 0 spiro atoms. The van der Waals surface area contributed by atoms with Gasteiger partial charge in [0.1, 0.15) is 5.01 Å². The van der Waals surface area contributed by atoms with Crippen LogP contribution >= 0.6 is 11.3 Å². The molecule has 0 aliphatic rings. The van der Waals surface area contributed by atoms with Crippen LogP contribution in [0.15, 0.2) is 36.5 Å². The number of nitrogens with zero attached hydrogens (tertiary/aromatic N) is 3. The van der Waals surface area contributed by atoms with Gasteiger partial charge in [0.25, 0.3) is 0 Å². The van der Waals surface area contributed by atoms with Gasteiger partial charge in [0, 0.05) is 6.42 Å². The Morgan fingerprint density at radius 1 is 1.21 bits per heavy atom. The highest BCUT2D eigenvalue weighted by molar-refractivity contribution is 7.17. The van der Waals surface area contributed by atoms with Crippen molar-refractivity contribution in [1.82, 2.24) is 14.6 Å². The fourth-order valence-electron chi connectivity index (χ4n) is 1.83. The van der Waals surface area contributed by atoms with E-state index in [0.717, 1.165) is 22.1 Å². The summed E-state index contributed by atoms with van der Waals surface area (Å²) < 4.78 is 1.82. The second-order valence-electron chi connectivity index (χ2n) is 4.18. The lowest BCUT2D eigenvalue weighted by atomic mass is 10.2. The molecule has 0 saturated heterocycles. The highest BCUT2D eigenvalue weighted by Gasteiger charge is 2.05. The molecule has 0 amide bonds. The summed E-state index contributed by atoms with van der Waals surface area (Å²) in [6, 6.07) is 10.2. The summed E-state index contributed by atoms with van der Waals surface area (Å²) in [6.45, 7) is 0.617. The fourth-order valence-corrected chi connectivity index (χ4v) is 2.63. The van der Waals surface area contributed by atoms with Gasteiger partial charge < -0.3 is 5.73 Å². The molecule has 0 aliphatic carbocycles. The summed E-state index contributed by atoms with van der Waals surface area (Å²) in [5.41, 5.74) is 7.68. The van der Waals surface area contributed by atoms with Crippen LogP contribution in [0.5, 0.6) is 0 Å². The third kappa shape index (κ3) is 2.72. The first-order valence-corrected chi connectivity index (χ1v) is 6.95. The minimum absolute atomic E-state index is 0.617. The predicted molar refractivity (Wildman–Crippen MR) is 79.0 cm³/mol. The van der Waals surface area contributed by atoms with Crippen LogP contribution in [0.4, 0.5) is 0 Å². The van der Waals surface area contributed by atoms with Crippen molar-refractivity contribution >= 4 is 28.4 Å². The van der Waals surface area contributed by atoms with Crippen molar-refractivity contribution in [2.24, 2.45) is 5.73 Å². The summed E-state index contributed by atoms with van der Waals surface area (Å²) in [6.07, 6.45) is 6.81. The van der Waals surface area contributed by atoms with Gasteiger partial charge in [0.15, 0.2) is 0 Å². The summed E-state index contributed by atoms with van der Waals surface area (Å²) in [5.74, 6) is 0. The molecule has 2 aromatic heterocycles. The Hall–Kier alpha value is -1.98. The number of nitrogens with two attached hydrogens (primary N) is 1. The van der Waals surface area contributed by atoms with Crippen molar-refractivity contribution < 1.29 is 0 Å². The zero-order valence-corrected chi connectivity index (χ0v) is 11.2. The summed E-state index contributed by atoms with van der Waals surface area (Å²) in [4.78, 5) is 5.40. The van der Waals surface area contributed by atoms with Crippen molar-refractivity contribution in [2.45, 2.75) is 6.42 Å². The number of aromatic nitrogens is 3. The molecule has 0 saturated carbocycles. The first kappa shape index (κ1) is 12.1. The molecule has 96 valence electrons. The highest BCUT2D eigenvalue weighted by atomic mass is 32.1. The summed E-state index contributed by atoms with van der Waals surface area (Å²) in [5, 5.41) is 5.43. The van der Waals surface area contributed by atoms with E-state index in [2.05, 4.69) is 28.3 Å². The van der Waals surface area contributed by atoms with E-state index in [9.17, 15) is 0 Å². The maximum atomic E-state index is 5.52. The van der Waals surface area contributed by atoms with Crippen LogP contribution in [0.25, 0.3) is 17.1 Å². The Labute approximate surface area is 115 Å².